The standard InChI is InChI=1S/C26H25NO11/c1-35-12-4-2-3-9-16(12)22(32)19-18(20(9)30)21(31)10-6-26(34,14(29)8-28)7-13(17(10)23(19)33)36-15-5-11(27)24-25(37-15)38-24/h2-4,11,13,15,24-25,28,31,33-34H,5-8,27H2,1H3/t11?,13-,15+,24+,25?,26-/m0/s1. The molecule has 2 unspecified atom stereocenters. The topological polar surface area (TPSA) is 198 Å². The molecule has 0 amide bonds. The average molecular weight is 527 g/mol. The van der Waals surface area contributed by atoms with E-state index in [0.29, 0.717) is 0 Å². The van der Waals surface area contributed by atoms with Gasteiger partial charge in [0.25, 0.3) is 0 Å². The Labute approximate surface area is 215 Å². The van der Waals surface area contributed by atoms with Crippen molar-refractivity contribution in [3.63, 3.8) is 0 Å². The lowest BCUT2D eigenvalue weighted by atomic mass is 9.72. The Kier molecular flexibility index (Phi) is 5.61. The van der Waals surface area contributed by atoms with E-state index in [1.54, 1.807) is 0 Å². The lowest BCUT2D eigenvalue weighted by Crippen LogP contribution is -2.48. The minimum absolute atomic E-state index is 0.0367. The fraction of sp³-hybridized carbons (Fsp3) is 0.423. The van der Waals surface area contributed by atoms with Gasteiger partial charge in [0.2, 0.25) is 5.78 Å². The number of epoxide rings is 1. The Morgan fingerprint density at radius 3 is 2.55 bits per heavy atom. The molecule has 2 aliphatic carbocycles. The molecule has 0 aromatic heterocycles. The van der Waals surface area contributed by atoms with E-state index in [1.165, 1.54) is 25.3 Å². The number of methoxy groups -OCH3 is 1. The van der Waals surface area contributed by atoms with Gasteiger partial charge in [0.15, 0.2) is 24.1 Å². The van der Waals surface area contributed by atoms with E-state index in [1.807, 2.05) is 0 Å². The van der Waals surface area contributed by atoms with E-state index in [2.05, 4.69) is 0 Å². The summed E-state index contributed by atoms with van der Waals surface area (Å²) in [5, 5.41) is 43.5. The highest BCUT2D eigenvalue weighted by molar-refractivity contribution is 6.31. The van der Waals surface area contributed by atoms with E-state index < -0.39 is 89.8 Å². The Bertz CT molecular complexity index is 1400. The second kappa shape index (κ2) is 8.56. The minimum Gasteiger partial charge on any atom is -0.507 e. The van der Waals surface area contributed by atoms with Crippen molar-refractivity contribution in [3.8, 4) is 17.2 Å². The molecule has 2 aromatic rings. The van der Waals surface area contributed by atoms with E-state index in [-0.39, 0.29) is 40.5 Å². The molecule has 12 nitrogen and oxygen atoms in total. The Morgan fingerprint density at radius 2 is 1.87 bits per heavy atom. The van der Waals surface area contributed by atoms with Crippen molar-refractivity contribution in [2.75, 3.05) is 13.7 Å². The third kappa shape index (κ3) is 3.49. The van der Waals surface area contributed by atoms with Gasteiger partial charge in [-0.15, -0.1) is 0 Å². The van der Waals surface area contributed by atoms with Crippen LogP contribution in [0.25, 0.3) is 0 Å². The summed E-state index contributed by atoms with van der Waals surface area (Å²) in [7, 11) is 1.33. The van der Waals surface area contributed by atoms with Crippen molar-refractivity contribution < 1.29 is 53.8 Å². The molecule has 12 heteroatoms. The largest absolute Gasteiger partial charge is 0.507 e. The number of benzene rings is 2. The van der Waals surface area contributed by atoms with Gasteiger partial charge in [-0.25, -0.2) is 0 Å². The van der Waals surface area contributed by atoms with Gasteiger partial charge in [-0.3, -0.25) is 14.4 Å². The van der Waals surface area contributed by atoms with Crippen molar-refractivity contribution in [1.82, 2.24) is 0 Å². The first-order valence-corrected chi connectivity index (χ1v) is 12.0. The van der Waals surface area contributed by atoms with Gasteiger partial charge < -0.3 is 45.1 Å². The molecule has 4 aliphatic rings. The second-order valence-corrected chi connectivity index (χ2v) is 9.93. The maximum atomic E-state index is 13.6. The van der Waals surface area contributed by atoms with E-state index in [9.17, 15) is 34.8 Å². The summed E-state index contributed by atoms with van der Waals surface area (Å²) < 4.78 is 22.3. The summed E-state index contributed by atoms with van der Waals surface area (Å²) in [6, 6.07) is 3.99. The molecule has 2 aromatic carbocycles. The van der Waals surface area contributed by atoms with Crippen molar-refractivity contribution in [2.45, 2.75) is 55.7 Å². The predicted molar refractivity (Wildman–Crippen MR) is 125 cm³/mol. The number of fused-ring (bicyclic) bond motifs is 4. The Morgan fingerprint density at radius 1 is 1.13 bits per heavy atom. The zero-order chi connectivity index (χ0) is 27.1. The number of hydrogen-bond acceptors (Lipinski definition) is 12. The number of phenols is 2. The molecule has 6 N–H and O–H groups in total. The van der Waals surface area contributed by atoms with Crippen LogP contribution in [0.1, 0.15) is 61.9 Å². The van der Waals surface area contributed by atoms with Gasteiger partial charge in [-0.1, -0.05) is 12.1 Å². The summed E-state index contributed by atoms with van der Waals surface area (Å²) in [6.07, 6.45) is -3.89. The number of ketones is 3. The number of aromatic hydroxyl groups is 2. The van der Waals surface area contributed by atoms with E-state index in [4.69, 9.17) is 24.7 Å². The first kappa shape index (κ1) is 24.9. The summed E-state index contributed by atoms with van der Waals surface area (Å²) >= 11 is 0. The van der Waals surface area contributed by atoms with Crippen LogP contribution in [-0.2, 0) is 25.4 Å². The number of aliphatic hydroxyl groups excluding tert-OH is 1. The third-order valence-electron chi connectivity index (χ3n) is 7.71. The second-order valence-electron chi connectivity index (χ2n) is 9.93. The molecule has 2 saturated heterocycles. The number of rotatable bonds is 5. The monoisotopic (exact) mass is 527 g/mol. The van der Waals surface area contributed by atoms with Gasteiger partial charge in [-0.2, -0.15) is 0 Å². The highest BCUT2D eigenvalue weighted by Crippen LogP contribution is 2.52. The predicted octanol–water partition coefficient (Wildman–Crippen LogP) is -0.0232. The molecular formula is C26H25NO11. The van der Waals surface area contributed by atoms with Crippen LogP contribution >= 0.6 is 0 Å². The Balaban J connectivity index is 1.52. The van der Waals surface area contributed by atoms with Crippen LogP contribution in [0.5, 0.6) is 17.2 Å². The summed E-state index contributed by atoms with van der Waals surface area (Å²) in [4.78, 5) is 39.7. The fourth-order valence-electron chi connectivity index (χ4n) is 5.75. The number of nitrogens with two attached hydrogens (primary N) is 1. The molecule has 2 fully saturated rings. The average Bonchev–Trinajstić information content (AvgIpc) is 3.68. The number of hydrogen-bond donors (Lipinski definition) is 5. The molecule has 200 valence electrons. The number of carbonyl (C=O) groups excluding carboxylic acids is 3. The zero-order valence-electron chi connectivity index (χ0n) is 20.2. The molecule has 6 rings (SSSR count). The lowest BCUT2D eigenvalue weighted by Gasteiger charge is -2.40. The van der Waals surface area contributed by atoms with E-state index >= 15 is 0 Å². The van der Waals surface area contributed by atoms with Gasteiger partial charge in [0.1, 0.15) is 35.6 Å². The molecule has 0 bridgehead atoms. The number of Topliss-reactive ketones (excluding diaryl/α,β-unsaturated/α-hetero) is 1. The normalized spacial score (nSPS) is 31.1. The fourth-order valence-corrected chi connectivity index (χ4v) is 5.75. The van der Waals surface area contributed by atoms with Crippen molar-refractivity contribution in [1.29, 1.82) is 0 Å². The number of ether oxygens (including phenoxy) is 4. The molecular weight excluding hydrogens is 502 g/mol. The molecule has 38 heavy (non-hydrogen) atoms. The third-order valence-corrected chi connectivity index (χ3v) is 7.71. The van der Waals surface area contributed by atoms with Crippen LogP contribution in [0.4, 0.5) is 0 Å². The Hall–Kier alpha value is -3.39. The summed E-state index contributed by atoms with van der Waals surface area (Å²) in [5.74, 6) is -3.64. The lowest BCUT2D eigenvalue weighted by molar-refractivity contribution is -0.215. The van der Waals surface area contributed by atoms with Crippen LogP contribution in [0.15, 0.2) is 18.2 Å². The quantitative estimate of drug-likeness (QED) is 0.220. The van der Waals surface area contributed by atoms with Crippen LogP contribution in [0, 0.1) is 0 Å². The van der Waals surface area contributed by atoms with Crippen molar-refractivity contribution in [2.24, 2.45) is 5.73 Å². The van der Waals surface area contributed by atoms with E-state index in [0.717, 1.165) is 0 Å². The van der Waals surface area contributed by atoms with Crippen molar-refractivity contribution in [3.05, 3.63) is 51.6 Å². The van der Waals surface area contributed by atoms with Crippen molar-refractivity contribution >= 4 is 17.3 Å². The maximum absolute atomic E-state index is 13.6. The SMILES string of the molecule is COc1cccc2c1C(=O)c1c(O)c3c(c(O)c1C2=O)C[C@@](O)(C(=O)CO)C[C@@H]3O[C@H]1CC(N)[C@H]2OC2O1. The summed E-state index contributed by atoms with van der Waals surface area (Å²) in [6.45, 7) is -0.997. The number of phenolic OH excluding ortho intramolecular Hbond substituents is 2. The molecule has 6 atom stereocenters. The number of aliphatic hydroxyl groups is 2. The van der Waals surface area contributed by atoms with Crippen LogP contribution in [-0.4, -0.2) is 81.8 Å². The van der Waals surface area contributed by atoms with Crippen LogP contribution in [0.2, 0.25) is 0 Å². The highest BCUT2D eigenvalue weighted by Gasteiger charge is 2.53. The molecule has 2 aliphatic heterocycles. The zero-order valence-corrected chi connectivity index (χ0v) is 20.2. The maximum Gasteiger partial charge on any atom is 0.202 e. The first-order chi connectivity index (χ1) is 18.1. The van der Waals surface area contributed by atoms with Crippen LogP contribution in [0.3, 0.4) is 0 Å². The molecule has 2 heterocycles. The van der Waals surface area contributed by atoms with Gasteiger partial charge in [-0.05, 0) is 6.07 Å². The highest BCUT2D eigenvalue weighted by atomic mass is 16.8. The minimum atomic E-state index is -2.21. The molecule has 0 saturated carbocycles. The smallest absolute Gasteiger partial charge is 0.202 e. The van der Waals surface area contributed by atoms with Crippen LogP contribution < -0.4 is 10.5 Å². The summed E-state index contributed by atoms with van der Waals surface area (Å²) in [5.41, 5.74) is 2.63. The van der Waals surface area contributed by atoms with Gasteiger partial charge >= 0.3 is 0 Å². The molecule has 0 spiro atoms. The molecule has 0 radical (unpaired) electrons. The number of carbonyl (C=O) groups is 3. The first-order valence-electron chi connectivity index (χ1n) is 12.0. The van der Waals surface area contributed by atoms with Gasteiger partial charge in [0, 0.05) is 42.0 Å². The van der Waals surface area contributed by atoms with Gasteiger partial charge in [0.05, 0.1) is 29.9 Å².